The van der Waals surface area contributed by atoms with Crippen LogP contribution >= 0.6 is 11.3 Å². The third-order valence-corrected chi connectivity index (χ3v) is 4.85. The molecule has 0 bridgehead atoms. The fraction of sp³-hybridized carbons (Fsp3) is 0.0833. The van der Waals surface area contributed by atoms with Crippen LogP contribution in [0.3, 0.4) is 0 Å². The number of ether oxygens (including phenoxy) is 1. The summed E-state index contributed by atoms with van der Waals surface area (Å²) in [6, 6.07) is 7.56. The number of thiophene rings is 1. The highest BCUT2D eigenvalue weighted by Gasteiger charge is 2.18. The number of aromatic carboxylic acids is 1. The van der Waals surface area contributed by atoms with Gasteiger partial charge in [-0.3, -0.25) is 4.72 Å². The first-order valence-electron chi connectivity index (χ1n) is 5.41. The topological polar surface area (TPSA) is 92.7 Å². The summed E-state index contributed by atoms with van der Waals surface area (Å²) < 4.78 is 31.6. The number of benzene rings is 1. The molecule has 2 N–H and O–H groups in total. The molecule has 0 atom stereocenters. The monoisotopic (exact) mass is 313 g/mol. The quantitative estimate of drug-likeness (QED) is 0.883. The molecule has 8 heteroatoms. The van der Waals surface area contributed by atoms with E-state index in [0.717, 1.165) is 17.4 Å². The predicted molar refractivity (Wildman–Crippen MR) is 75.1 cm³/mol. The first-order valence-corrected chi connectivity index (χ1v) is 7.77. The number of methoxy groups -OCH3 is 1. The lowest BCUT2D eigenvalue weighted by Crippen LogP contribution is -2.12. The summed E-state index contributed by atoms with van der Waals surface area (Å²) in [4.78, 5) is 10.6. The smallest absolute Gasteiger partial charge is 0.345 e. The molecule has 6 nitrogen and oxygen atoms in total. The summed E-state index contributed by atoms with van der Waals surface area (Å²) >= 11 is 0.859. The van der Waals surface area contributed by atoms with E-state index >= 15 is 0 Å². The van der Waals surface area contributed by atoms with Gasteiger partial charge in [0.1, 0.15) is 10.6 Å². The van der Waals surface area contributed by atoms with Crippen LogP contribution in [-0.2, 0) is 10.0 Å². The van der Waals surface area contributed by atoms with Crippen molar-refractivity contribution < 1.29 is 23.1 Å². The Balaban J connectivity index is 2.27. The van der Waals surface area contributed by atoms with Crippen molar-refractivity contribution >= 4 is 33.0 Å². The molecule has 0 aliphatic rings. The standard InChI is InChI=1S/C12H11NO5S2/c1-18-9-4-2-3-8(5-9)13-20(16,17)10-6-11(12(14)15)19-7-10/h2-7,13H,1H3,(H,14,15). The Labute approximate surface area is 119 Å². The van der Waals surface area contributed by atoms with Gasteiger partial charge < -0.3 is 9.84 Å². The van der Waals surface area contributed by atoms with E-state index in [1.54, 1.807) is 18.2 Å². The first kappa shape index (κ1) is 14.4. The lowest BCUT2D eigenvalue weighted by atomic mass is 10.3. The lowest BCUT2D eigenvalue weighted by Gasteiger charge is -2.07. The minimum absolute atomic E-state index is 0.0315. The largest absolute Gasteiger partial charge is 0.497 e. The number of rotatable bonds is 5. The van der Waals surface area contributed by atoms with E-state index < -0.39 is 16.0 Å². The molecule has 0 spiro atoms. The van der Waals surface area contributed by atoms with E-state index in [1.165, 1.54) is 18.6 Å². The summed E-state index contributed by atoms with van der Waals surface area (Å²) in [5.74, 6) is -0.639. The van der Waals surface area contributed by atoms with Gasteiger partial charge in [-0.1, -0.05) is 6.07 Å². The molecule has 0 unspecified atom stereocenters. The molecule has 0 saturated carbocycles. The van der Waals surface area contributed by atoms with Gasteiger partial charge in [-0.05, 0) is 18.2 Å². The molecule has 2 rings (SSSR count). The van der Waals surface area contributed by atoms with Crippen LogP contribution in [0.2, 0.25) is 0 Å². The van der Waals surface area contributed by atoms with E-state index in [2.05, 4.69) is 4.72 Å². The van der Waals surface area contributed by atoms with Crippen molar-refractivity contribution in [1.29, 1.82) is 0 Å². The molecule has 0 radical (unpaired) electrons. The zero-order chi connectivity index (χ0) is 14.8. The molecule has 106 valence electrons. The third kappa shape index (κ3) is 3.09. The van der Waals surface area contributed by atoms with Crippen LogP contribution in [-0.4, -0.2) is 26.6 Å². The number of hydrogen-bond acceptors (Lipinski definition) is 5. The normalized spacial score (nSPS) is 11.1. The van der Waals surface area contributed by atoms with Crippen molar-refractivity contribution in [3.05, 3.63) is 40.6 Å². The molecule has 2 aromatic rings. The van der Waals surface area contributed by atoms with Crippen LogP contribution < -0.4 is 9.46 Å². The molecule has 1 aromatic carbocycles. The zero-order valence-corrected chi connectivity index (χ0v) is 12.0. The maximum Gasteiger partial charge on any atom is 0.345 e. The van der Waals surface area contributed by atoms with Gasteiger partial charge in [0.2, 0.25) is 0 Å². The minimum atomic E-state index is -3.81. The molecule has 1 aromatic heterocycles. The van der Waals surface area contributed by atoms with Crippen molar-refractivity contribution in [2.45, 2.75) is 4.90 Å². The molecule has 0 saturated heterocycles. The van der Waals surface area contributed by atoms with Crippen molar-refractivity contribution in [3.8, 4) is 5.75 Å². The van der Waals surface area contributed by atoms with Gasteiger partial charge in [0.15, 0.2) is 0 Å². The van der Waals surface area contributed by atoms with E-state index in [0.29, 0.717) is 11.4 Å². The fourth-order valence-corrected chi connectivity index (χ4v) is 3.63. The van der Waals surface area contributed by atoms with Crippen LogP contribution in [0.5, 0.6) is 5.75 Å². The number of sulfonamides is 1. The maximum absolute atomic E-state index is 12.1. The second kappa shape index (κ2) is 5.51. The van der Waals surface area contributed by atoms with Gasteiger partial charge in [0.25, 0.3) is 10.0 Å². The van der Waals surface area contributed by atoms with Crippen LogP contribution in [0.25, 0.3) is 0 Å². The molecule has 0 amide bonds. The summed E-state index contributed by atoms with van der Waals surface area (Å²) in [7, 11) is -2.33. The van der Waals surface area contributed by atoms with Crippen molar-refractivity contribution in [3.63, 3.8) is 0 Å². The number of carboxylic acids is 1. The molecule has 0 aliphatic carbocycles. The van der Waals surface area contributed by atoms with Gasteiger partial charge in [0.05, 0.1) is 17.7 Å². The number of carbonyl (C=O) groups is 1. The second-order valence-corrected chi connectivity index (χ2v) is 6.38. The Morgan fingerprint density at radius 3 is 2.70 bits per heavy atom. The molecule has 0 aliphatic heterocycles. The van der Waals surface area contributed by atoms with E-state index in [9.17, 15) is 13.2 Å². The Kier molecular flexibility index (Phi) is 3.96. The van der Waals surface area contributed by atoms with E-state index in [-0.39, 0.29) is 9.77 Å². The molecule has 0 fully saturated rings. The summed E-state index contributed by atoms with van der Waals surface area (Å²) in [6.45, 7) is 0. The Hall–Kier alpha value is -2.06. The Morgan fingerprint density at radius 2 is 2.10 bits per heavy atom. The van der Waals surface area contributed by atoms with Gasteiger partial charge in [-0.25, -0.2) is 13.2 Å². The average molecular weight is 313 g/mol. The Morgan fingerprint density at radius 1 is 1.35 bits per heavy atom. The molecular formula is C12H11NO5S2. The molecule has 20 heavy (non-hydrogen) atoms. The van der Waals surface area contributed by atoms with E-state index in [1.807, 2.05) is 0 Å². The number of nitrogens with one attached hydrogen (secondary N) is 1. The van der Waals surface area contributed by atoms with Crippen LogP contribution in [0, 0.1) is 0 Å². The van der Waals surface area contributed by atoms with Gasteiger partial charge in [-0.15, -0.1) is 11.3 Å². The lowest BCUT2D eigenvalue weighted by molar-refractivity contribution is 0.0702. The third-order valence-electron chi connectivity index (χ3n) is 2.42. The first-order chi connectivity index (χ1) is 9.42. The molecule has 1 heterocycles. The molecular weight excluding hydrogens is 302 g/mol. The Bertz CT molecular complexity index is 736. The summed E-state index contributed by atoms with van der Waals surface area (Å²) in [5, 5.41) is 10.1. The SMILES string of the molecule is COc1cccc(NS(=O)(=O)c2csc(C(=O)O)c2)c1. The van der Waals surface area contributed by atoms with E-state index in [4.69, 9.17) is 9.84 Å². The maximum atomic E-state index is 12.1. The number of hydrogen-bond donors (Lipinski definition) is 2. The van der Waals surface area contributed by atoms with Crippen molar-refractivity contribution in [2.24, 2.45) is 0 Å². The van der Waals surface area contributed by atoms with Gasteiger partial charge in [0, 0.05) is 11.4 Å². The highest BCUT2D eigenvalue weighted by Crippen LogP contribution is 2.23. The fourth-order valence-electron chi connectivity index (χ4n) is 1.47. The second-order valence-electron chi connectivity index (χ2n) is 3.79. The van der Waals surface area contributed by atoms with Gasteiger partial charge in [-0.2, -0.15) is 0 Å². The highest BCUT2D eigenvalue weighted by atomic mass is 32.2. The van der Waals surface area contributed by atoms with Crippen LogP contribution in [0.1, 0.15) is 9.67 Å². The highest BCUT2D eigenvalue weighted by molar-refractivity contribution is 7.92. The zero-order valence-electron chi connectivity index (χ0n) is 10.4. The van der Waals surface area contributed by atoms with Crippen LogP contribution in [0.15, 0.2) is 40.6 Å². The van der Waals surface area contributed by atoms with Crippen molar-refractivity contribution in [1.82, 2.24) is 0 Å². The van der Waals surface area contributed by atoms with Crippen LogP contribution in [0.4, 0.5) is 5.69 Å². The van der Waals surface area contributed by atoms with Gasteiger partial charge >= 0.3 is 5.97 Å². The predicted octanol–water partition coefficient (Wildman–Crippen LogP) is 2.26. The number of carboxylic acid groups (broad SMARTS) is 1. The summed E-state index contributed by atoms with van der Waals surface area (Å²) in [5.41, 5.74) is 0.340. The minimum Gasteiger partial charge on any atom is -0.497 e. The number of anilines is 1. The summed E-state index contributed by atoms with van der Waals surface area (Å²) in [6.07, 6.45) is 0. The van der Waals surface area contributed by atoms with Crippen molar-refractivity contribution in [2.75, 3.05) is 11.8 Å². The average Bonchev–Trinajstić information content (AvgIpc) is 2.89.